The molecule has 1 fully saturated rings. The molecule has 3 aromatic rings. The van der Waals surface area contributed by atoms with Gasteiger partial charge in [-0.1, -0.05) is 94.4 Å². The number of carboxylic acids is 1. The third kappa shape index (κ3) is 19.3. The Kier molecular flexibility index (Phi) is 22.8. The van der Waals surface area contributed by atoms with Crippen LogP contribution in [0.4, 0.5) is 4.79 Å². The zero-order valence-electron chi connectivity index (χ0n) is 43.2. The number of amides is 7. The Labute approximate surface area is 449 Å². The Balaban J connectivity index is 1.54. The van der Waals surface area contributed by atoms with Crippen LogP contribution in [0.5, 0.6) is 5.75 Å². The average molecular weight is 1090 g/mol. The number of aliphatic hydroxyl groups is 1. The largest absolute Gasteiger partial charge is 0.508 e. The predicted molar refractivity (Wildman–Crippen MR) is 287 cm³/mol. The number of carboxylic acid groups (broad SMARTS) is 1. The maximum Gasteiger partial charge on any atom is 0.407 e. The number of phenols is 1. The zero-order valence-corrected chi connectivity index (χ0v) is 44.9. The summed E-state index contributed by atoms with van der Waals surface area (Å²) in [5, 5.41) is 49.7. The molecule has 0 bridgehead atoms. The molecular weight excluding hydrogens is 1020 g/mol. The van der Waals surface area contributed by atoms with Gasteiger partial charge in [-0.2, -0.15) is 0 Å². The molecule has 7 amide bonds. The fraction of sp³-hybridized carbons (Fsp3) is 0.463. The lowest BCUT2D eigenvalue weighted by Crippen LogP contribution is -2.60. The van der Waals surface area contributed by atoms with Crippen LogP contribution in [0.25, 0.3) is 5.57 Å². The average Bonchev–Trinajstić information content (AvgIpc) is 3.77. The van der Waals surface area contributed by atoms with Gasteiger partial charge in [0.05, 0.1) is 12.1 Å². The Morgan fingerprint density at radius 2 is 1.43 bits per heavy atom. The maximum absolute atomic E-state index is 14.9. The highest BCUT2D eigenvalue weighted by Gasteiger charge is 2.37. The van der Waals surface area contributed by atoms with Gasteiger partial charge in [0.1, 0.15) is 41.6 Å². The van der Waals surface area contributed by atoms with Crippen LogP contribution in [0.2, 0.25) is 0 Å². The quantitative estimate of drug-likeness (QED) is 0.0728. The first kappa shape index (κ1) is 60.0. The number of phenolic OH excluding ortho intramolecular Hbond substituents is 1. The van der Waals surface area contributed by atoms with E-state index in [0.29, 0.717) is 29.5 Å². The Morgan fingerprint density at radius 1 is 0.776 bits per heavy atom. The van der Waals surface area contributed by atoms with Gasteiger partial charge in [-0.3, -0.25) is 33.6 Å². The number of rotatable bonds is 16. The van der Waals surface area contributed by atoms with Gasteiger partial charge in [0.2, 0.25) is 35.4 Å². The van der Waals surface area contributed by atoms with Crippen LogP contribution < -0.4 is 37.2 Å². The standard InChI is InChI=1S/C54H69N7O13S2/c1-31(62)46-51(70)60-44(52(71)72)30-76-75-29-43(59-49(68)41(56-32(2)63)26-33-13-7-6-8-14-33)45(65)28-37(25-34-18-22-38(64)23-19-34)47(66)58-42(27-36-21-20-35-15-9-10-16-39(35)36)50(69)57-40(48(67)61-46)17-11-12-24-55-53(73)74-54(3,4)5/h6-10,13-16,18-19,21-23,31,37,40-44,46,62,64H,11-12,17,20,24-30H2,1-5H3,(H,55,73)(H,56,63)(H,57,69)(H,58,66)(H,59,68)(H,60,70)(H,61,67)(H,71,72)/t31-,37-,40+,41-,42-,43+,44+,46+/m1/s1. The van der Waals surface area contributed by atoms with Gasteiger partial charge in [-0.15, -0.1) is 0 Å². The molecule has 5 rings (SSSR count). The van der Waals surface area contributed by atoms with Gasteiger partial charge < -0.3 is 57.3 Å². The van der Waals surface area contributed by atoms with Gasteiger partial charge in [-0.25, -0.2) is 9.59 Å². The third-order valence-electron chi connectivity index (χ3n) is 12.4. The van der Waals surface area contributed by atoms with Crippen molar-refractivity contribution in [3.63, 3.8) is 0 Å². The van der Waals surface area contributed by atoms with E-state index in [1.165, 1.54) is 26.0 Å². The number of aromatic hydroxyl groups is 1. The Morgan fingerprint density at radius 3 is 2.11 bits per heavy atom. The summed E-state index contributed by atoms with van der Waals surface area (Å²) in [6.07, 6.45) is 0.0906. The lowest BCUT2D eigenvalue weighted by atomic mass is 9.90. The molecule has 0 radical (unpaired) electrons. The summed E-state index contributed by atoms with van der Waals surface area (Å²) in [5.74, 6) is -8.55. The van der Waals surface area contributed by atoms with E-state index in [1.807, 2.05) is 30.3 Å². The number of allylic oxidation sites excluding steroid dienone is 1. The molecule has 1 aliphatic carbocycles. The van der Waals surface area contributed by atoms with E-state index >= 15 is 0 Å². The van der Waals surface area contributed by atoms with Gasteiger partial charge in [0.15, 0.2) is 5.78 Å². The highest BCUT2D eigenvalue weighted by atomic mass is 33.1. The first-order chi connectivity index (χ1) is 36.1. The molecule has 0 spiro atoms. The topological polar surface area (TPSA) is 308 Å². The molecule has 8 atom stereocenters. The van der Waals surface area contributed by atoms with Crippen molar-refractivity contribution in [3.05, 3.63) is 107 Å². The van der Waals surface area contributed by atoms with Crippen molar-refractivity contribution >= 4 is 80.4 Å². The minimum atomic E-state index is -1.72. The van der Waals surface area contributed by atoms with Crippen molar-refractivity contribution in [1.82, 2.24) is 37.2 Å². The molecule has 2 aliphatic rings. The summed E-state index contributed by atoms with van der Waals surface area (Å²) < 4.78 is 5.31. The molecule has 76 heavy (non-hydrogen) atoms. The van der Waals surface area contributed by atoms with Gasteiger partial charge in [-0.05, 0) is 99.8 Å². The number of nitrogens with one attached hydrogen (secondary N) is 7. The van der Waals surface area contributed by atoms with Gasteiger partial charge in [0.25, 0.3) is 0 Å². The van der Waals surface area contributed by atoms with E-state index in [-0.39, 0.29) is 55.9 Å². The number of ether oxygens (including phenoxy) is 1. The Hall–Kier alpha value is -6.91. The second-order valence-electron chi connectivity index (χ2n) is 19.8. The van der Waals surface area contributed by atoms with Crippen molar-refractivity contribution in [1.29, 1.82) is 0 Å². The number of aliphatic hydroxyl groups excluding tert-OH is 1. The number of fused-ring (bicyclic) bond motifs is 1. The minimum absolute atomic E-state index is 0.0498. The van der Waals surface area contributed by atoms with E-state index in [9.17, 15) is 58.5 Å². The van der Waals surface area contributed by atoms with Crippen molar-refractivity contribution in [3.8, 4) is 5.75 Å². The van der Waals surface area contributed by atoms with Gasteiger partial charge >= 0.3 is 12.1 Å². The van der Waals surface area contributed by atoms with Crippen LogP contribution in [0.3, 0.4) is 0 Å². The van der Waals surface area contributed by atoms with Crippen LogP contribution in [-0.2, 0) is 62.4 Å². The minimum Gasteiger partial charge on any atom is -0.508 e. The summed E-state index contributed by atoms with van der Waals surface area (Å²) in [6.45, 7) is 7.72. The van der Waals surface area contributed by atoms with Crippen molar-refractivity contribution in [2.75, 3.05) is 18.1 Å². The molecule has 0 saturated carbocycles. The van der Waals surface area contributed by atoms with E-state index < -0.39 is 114 Å². The number of alkyl carbamates (subject to hydrolysis) is 1. The molecule has 20 nitrogen and oxygen atoms in total. The van der Waals surface area contributed by atoms with E-state index in [1.54, 1.807) is 63.2 Å². The van der Waals surface area contributed by atoms with Crippen LogP contribution in [0.15, 0.2) is 84.9 Å². The molecule has 1 aliphatic heterocycles. The molecule has 10 N–H and O–H groups in total. The first-order valence-corrected chi connectivity index (χ1v) is 27.6. The normalized spacial score (nSPS) is 21.9. The van der Waals surface area contributed by atoms with E-state index in [0.717, 1.165) is 32.7 Å². The molecule has 0 aromatic heterocycles. The highest BCUT2D eigenvalue weighted by Crippen LogP contribution is 2.31. The Bertz CT molecular complexity index is 2580. The summed E-state index contributed by atoms with van der Waals surface area (Å²) in [6, 6.07) is 13.8. The lowest BCUT2D eigenvalue weighted by molar-refractivity contribution is -0.142. The molecule has 1 heterocycles. The van der Waals surface area contributed by atoms with Crippen LogP contribution in [0, 0.1) is 5.92 Å². The number of aliphatic carboxylic acids is 1. The SMILES string of the molecule is CC(=O)N[C@H](Cc1ccccc1)C(=O)N[C@H]1CSSC[C@@H](C(=O)O)NC(=O)[C@H]([C@@H](C)O)NC(=O)[C@H](CCCCNC(=O)OC(C)(C)C)NC(=O)[C@@H](CC2=CCc3ccccc32)NC(=O)[C@H](Cc2ccc(O)cc2)CC1=O. The summed E-state index contributed by atoms with van der Waals surface area (Å²) in [5.41, 5.74) is 3.02. The fourth-order valence-electron chi connectivity index (χ4n) is 8.46. The number of benzene rings is 3. The number of Topliss-reactive ketones (excluding diaryl/α,β-unsaturated/α-hetero) is 1. The number of carbonyl (C=O) groups excluding carboxylic acids is 8. The summed E-state index contributed by atoms with van der Waals surface area (Å²) in [7, 11) is 1.94. The highest BCUT2D eigenvalue weighted by molar-refractivity contribution is 8.76. The predicted octanol–water partition coefficient (Wildman–Crippen LogP) is 3.27. The third-order valence-corrected chi connectivity index (χ3v) is 14.8. The van der Waals surface area contributed by atoms with Crippen molar-refractivity contribution in [2.24, 2.45) is 5.92 Å². The smallest absolute Gasteiger partial charge is 0.407 e. The zero-order chi connectivity index (χ0) is 55.5. The first-order valence-electron chi connectivity index (χ1n) is 25.1. The number of hydrogen-bond donors (Lipinski definition) is 10. The second kappa shape index (κ2) is 28.8. The number of hydrogen-bond acceptors (Lipinski definition) is 14. The van der Waals surface area contributed by atoms with Crippen molar-refractivity contribution < 1.29 is 63.2 Å². The maximum atomic E-state index is 14.9. The number of carbonyl (C=O) groups is 9. The van der Waals surface area contributed by atoms with Crippen LogP contribution in [-0.4, -0.2) is 135 Å². The second-order valence-corrected chi connectivity index (χ2v) is 22.3. The lowest BCUT2D eigenvalue weighted by Gasteiger charge is -2.28. The van der Waals surface area contributed by atoms with Crippen molar-refractivity contribution in [2.45, 2.75) is 134 Å². The van der Waals surface area contributed by atoms with Crippen LogP contribution in [0.1, 0.15) is 89.0 Å². The summed E-state index contributed by atoms with van der Waals surface area (Å²) >= 11 is 0. The number of unbranched alkanes of at least 4 members (excludes halogenated alkanes) is 1. The molecular formula is C54H69N7O13S2. The fourth-order valence-corrected chi connectivity index (χ4v) is 10.8. The van der Waals surface area contributed by atoms with E-state index in [2.05, 4.69) is 37.2 Å². The monoisotopic (exact) mass is 1090 g/mol. The molecule has 3 aromatic carbocycles. The molecule has 1 saturated heterocycles. The van der Waals surface area contributed by atoms with E-state index in [4.69, 9.17) is 4.74 Å². The molecule has 0 unspecified atom stereocenters. The number of ketones is 1. The van der Waals surface area contributed by atoms with Gasteiger partial charge in [0, 0.05) is 50.2 Å². The molecule has 22 heteroatoms. The molecule has 410 valence electrons. The summed E-state index contributed by atoms with van der Waals surface area (Å²) in [4.78, 5) is 124. The van der Waals surface area contributed by atoms with Crippen LogP contribution >= 0.6 is 21.6 Å².